The third kappa shape index (κ3) is 3.32. The van der Waals surface area contributed by atoms with Gasteiger partial charge in [-0.15, -0.1) is 0 Å². The molecule has 0 unspecified atom stereocenters. The molecule has 0 radical (unpaired) electrons. The van der Waals surface area contributed by atoms with E-state index < -0.39 is 35.3 Å². The maximum absolute atomic E-state index is 15.9. The number of carbonyl (C=O) groups excluding carboxylic acids is 1. The van der Waals surface area contributed by atoms with Crippen LogP contribution in [0.2, 0.25) is 0 Å². The number of hydrogen-bond acceptors (Lipinski definition) is 3. The van der Waals surface area contributed by atoms with Crippen LogP contribution in [0.5, 0.6) is 0 Å². The number of aromatic nitrogens is 1. The number of nitrogens with one attached hydrogen (secondary N) is 3. The third-order valence-corrected chi connectivity index (χ3v) is 6.32. The Bertz CT molecular complexity index is 1180. The Kier molecular flexibility index (Phi) is 4.46. The molecule has 1 saturated carbocycles. The van der Waals surface area contributed by atoms with E-state index in [9.17, 15) is 4.79 Å². The van der Waals surface area contributed by atoms with E-state index in [1.165, 1.54) is 6.07 Å². The second-order valence-corrected chi connectivity index (χ2v) is 9.14. The Morgan fingerprint density at radius 1 is 1.23 bits per heavy atom. The number of hydrogen-bond donors (Lipinski definition) is 3. The van der Waals surface area contributed by atoms with Crippen molar-refractivity contribution in [1.29, 1.82) is 0 Å². The van der Waals surface area contributed by atoms with Crippen LogP contribution in [0.3, 0.4) is 0 Å². The fraction of sp³-hybridized carbons (Fsp3) is 0.375. The van der Waals surface area contributed by atoms with Crippen LogP contribution in [-0.2, 0) is 4.74 Å². The molecule has 1 aliphatic carbocycles. The first-order valence-corrected chi connectivity index (χ1v) is 10.6. The van der Waals surface area contributed by atoms with Crippen molar-refractivity contribution in [2.24, 2.45) is 0 Å². The number of alkyl carbamates (subject to hydrolysis) is 1. The van der Waals surface area contributed by atoms with Crippen LogP contribution in [0, 0.1) is 11.6 Å². The van der Waals surface area contributed by atoms with Crippen molar-refractivity contribution in [1.82, 2.24) is 10.3 Å². The molecule has 162 valence electrons. The number of para-hydroxylation sites is 1. The lowest BCUT2D eigenvalue weighted by Crippen LogP contribution is -2.53. The van der Waals surface area contributed by atoms with Gasteiger partial charge in [0.05, 0.1) is 16.6 Å². The smallest absolute Gasteiger partial charge is 0.407 e. The molecule has 31 heavy (non-hydrogen) atoms. The maximum atomic E-state index is 15.9. The largest absolute Gasteiger partial charge is 0.443 e. The van der Waals surface area contributed by atoms with E-state index in [0.717, 1.165) is 18.2 Å². The zero-order chi connectivity index (χ0) is 21.9. The van der Waals surface area contributed by atoms with Crippen molar-refractivity contribution >= 4 is 22.7 Å². The highest BCUT2D eigenvalue weighted by atomic mass is 19.1. The van der Waals surface area contributed by atoms with Crippen molar-refractivity contribution in [3.63, 3.8) is 0 Å². The molecule has 5 nitrogen and oxygen atoms in total. The SMILES string of the molecule is C[C@H]1c2c(cc(F)c(-c3cccc4cc[nH]c34)c2F)NC(C)(C)[C@@H]1OC(=O)NC1CC1. The lowest BCUT2D eigenvalue weighted by atomic mass is 9.77. The van der Waals surface area contributed by atoms with Gasteiger partial charge in [-0.1, -0.05) is 25.1 Å². The maximum Gasteiger partial charge on any atom is 0.407 e. The Morgan fingerprint density at radius 2 is 2.00 bits per heavy atom. The first-order valence-electron chi connectivity index (χ1n) is 10.6. The van der Waals surface area contributed by atoms with Gasteiger partial charge in [0.1, 0.15) is 17.7 Å². The van der Waals surface area contributed by atoms with Crippen LogP contribution in [0.4, 0.5) is 19.3 Å². The zero-order valence-electron chi connectivity index (χ0n) is 17.7. The van der Waals surface area contributed by atoms with E-state index in [-0.39, 0.29) is 11.6 Å². The fourth-order valence-corrected chi connectivity index (χ4v) is 4.71. The Morgan fingerprint density at radius 3 is 2.74 bits per heavy atom. The molecule has 2 atom stereocenters. The summed E-state index contributed by atoms with van der Waals surface area (Å²) in [7, 11) is 0. The number of fused-ring (bicyclic) bond motifs is 2. The summed E-state index contributed by atoms with van der Waals surface area (Å²) < 4.78 is 36.9. The molecule has 1 aromatic heterocycles. The van der Waals surface area contributed by atoms with Gasteiger partial charge >= 0.3 is 6.09 Å². The number of halogens is 2. The number of anilines is 1. The number of rotatable bonds is 3. The molecule has 0 saturated heterocycles. The predicted octanol–water partition coefficient (Wildman–Crippen LogP) is 5.68. The summed E-state index contributed by atoms with van der Waals surface area (Å²) in [6.07, 6.45) is 2.50. The molecule has 2 aromatic carbocycles. The average molecular weight is 425 g/mol. The van der Waals surface area contributed by atoms with Crippen LogP contribution in [0.25, 0.3) is 22.0 Å². The summed E-state index contributed by atoms with van der Waals surface area (Å²) >= 11 is 0. The summed E-state index contributed by atoms with van der Waals surface area (Å²) in [5, 5.41) is 6.88. The minimum atomic E-state index is -0.701. The van der Waals surface area contributed by atoms with E-state index in [1.54, 1.807) is 18.3 Å². The molecule has 2 heterocycles. The van der Waals surface area contributed by atoms with Crippen LogP contribution >= 0.6 is 0 Å². The Balaban J connectivity index is 1.59. The number of aromatic amines is 1. The summed E-state index contributed by atoms with van der Waals surface area (Å²) in [5.74, 6) is -1.75. The molecule has 3 N–H and O–H groups in total. The molecule has 1 aliphatic heterocycles. The van der Waals surface area contributed by atoms with Crippen LogP contribution in [0.15, 0.2) is 36.5 Å². The van der Waals surface area contributed by atoms with Gasteiger partial charge in [0.25, 0.3) is 0 Å². The lowest BCUT2D eigenvalue weighted by molar-refractivity contribution is 0.0464. The highest BCUT2D eigenvalue weighted by molar-refractivity contribution is 5.95. The fourth-order valence-electron chi connectivity index (χ4n) is 4.71. The topological polar surface area (TPSA) is 66.1 Å². The molecule has 3 aromatic rings. The van der Waals surface area contributed by atoms with Gasteiger partial charge in [-0.25, -0.2) is 13.6 Å². The van der Waals surface area contributed by atoms with Crippen LogP contribution < -0.4 is 10.6 Å². The summed E-state index contributed by atoms with van der Waals surface area (Å²) in [4.78, 5) is 15.4. The number of carbonyl (C=O) groups is 1. The molecular formula is C24H25F2N3O2. The monoisotopic (exact) mass is 425 g/mol. The highest BCUT2D eigenvalue weighted by Crippen LogP contribution is 2.46. The Labute approximate surface area is 179 Å². The van der Waals surface area contributed by atoms with Gasteiger partial charge in [0, 0.05) is 35.0 Å². The molecular weight excluding hydrogens is 400 g/mol. The van der Waals surface area contributed by atoms with Crippen molar-refractivity contribution in [3.8, 4) is 11.1 Å². The first kappa shape index (κ1) is 19.8. The first-order chi connectivity index (χ1) is 14.8. The molecule has 5 rings (SSSR count). The van der Waals surface area contributed by atoms with E-state index in [2.05, 4.69) is 15.6 Å². The summed E-state index contributed by atoms with van der Waals surface area (Å²) in [5.41, 5.74) is 1.06. The number of H-pyrrole nitrogens is 1. The highest BCUT2D eigenvalue weighted by Gasteiger charge is 2.45. The molecule has 1 fully saturated rings. The van der Waals surface area contributed by atoms with E-state index in [1.807, 2.05) is 32.9 Å². The predicted molar refractivity (Wildman–Crippen MR) is 116 cm³/mol. The minimum absolute atomic E-state index is 0.0821. The number of ether oxygens (including phenoxy) is 1. The standard InChI is InChI=1S/C24H25F2N3O2/c1-12-18-17(29-24(2,3)22(12)31-23(30)28-14-7-8-14)11-16(25)19(20(18)26)15-6-4-5-13-9-10-27-21(13)15/h4-6,9-12,14,22,27,29H,7-8H2,1-3H3,(H,28,30)/t12-,22+/m0/s1. The second kappa shape index (κ2) is 6.97. The van der Waals surface area contributed by atoms with Gasteiger partial charge in [0.15, 0.2) is 0 Å². The quantitative estimate of drug-likeness (QED) is 0.506. The van der Waals surface area contributed by atoms with Crippen molar-refractivity contribution in [2.75, 3.05) is 5.32 Å². The van der Waals surface area contributed by atoms with Gasteiger partial charge in [-0.05, 0) is 44.2 Å². The van der Waals surface area contributed by atoms with Gasteiger partial charge in [-0.2, -0.15) is 0 Å². The molecule has 1 amide bonds. The van der Waals surface area contributed by atoms with Gasteiger partial charge in [-0.3, -0.25) is 0 Å². The third-order valence-electron chi connectivity index (χ3n) is 6.32. The van der Waals surface area contributed by atoms with Crippen LogP contribution in [-0.4, -0.2) is 28.8 Å². The number of amides is 1. The molecule has 0 bridgehead atoms. The van der Waals surface area contributed by atoms with Gasteiger partial charge < -0.3 is 20.4 Å². The van der Waals surface area contributed by atoms with Crippen molar-refractivity contribution < 1.29 is 18.3 Å². The second-order valence-electron chi connectivity index (χ2n) is 9.14. The average Bonchev–Trinajstić information content (AvgIpc) is 3.36. The normalized spacial score (nSPS) is 22.0. The van der Waals surface area contributed by atoms with Crippen molar-refractivity contribution in [2.45, 2.75) is 57.2 Å². The molecule has 0 spiro atoms. The Hall–Kier alpha value is -3.09. The van der Waals surface area contributed by atoms with Crippen molar-refractivity contribution in [3.05, 3.63) is 53.7 Å². The van der Waals surface area contributed by atoms with E-state index in [4.69, 9.17) is 4.74 Å². The summed E-state index contributed by atoms with van der Waals surface area (Å²) in [6, 6.07) is 8.74. The summed E-state index contributed by atoms with van der Waals surface area (Å²) in [6.45, 7) is 5.55. The van der Waals surface area contributed by atoms with Crippen LogP contribution in [0.1, 0.15) is 45.1 Å². The van der Waals surface area contributed by atoms with Gasteiger partial charge in [0.2, 0.25) is 0 Å². The molecule has 7 heteroatoms. The lowest BCUT2D eigenvalue weighted by Gasteiger charge is -2.44. The van der Waals surface area contributed by atoms with E-state index in [0.29, 0.717) is 22.3 Å². The number of benzene rings is 2. The molecule has 2 aliphatic rings. The van der Waals surface area contributed by atoms with E-state index >= 15 is 8.78 Å². The zero-order valence-corrected chi connectivity index (χ0v) is 17.7. The minimum Gasteiger partial charge on any atom is -0.443 e.